The van der Waals surface area contributed by atoms with E-state index in [1.807, 2.05) is 23.6 Å². The number of esters is 1. The lowest BCUT2D eigenvalue weighted by Gasteiger charge is -2.61. The van der Waals surface area contributed by atoms with Crippen molar-refractivity contribution in [1.82, 2.24) is 4.98 Å². The molecule has 0 spiro atoms. The summed E-state index contributed by atoms with van der Waals surface area (Å²) in [7, 11) is 0. The van der Waals surface area contributed by atoms with Gasteiger partial charge in [0.15, 0.2) is 0 Å². The maximum Gasteiger partial charge on any atom is 0.312 e. The van der Waals surface area contributed by atoms with Gasteiger partial charge in [-0.3, -0.25) is 4.79 Å². The van der Waals surface area contributed by atoms with Gasteiger partial charge in [-0.25, -0.2) is 4.98 Å². The third kappa shape index (κ3) is 3.40. The monoisotopic (exact) mass is 443 g/mol. The minimum absolute atomic E-state index is 0.0114. The van der Waals surface area contributed by atoms with Crippen molar-refractivity contribution in [2.45, 2.75) is 57.5 Å². The summed E-state index contributed by atoms with van der Waals surface area (Å²) in [5, 5.41) is 2.99. The zero-order valence-corrected chi connectivity index (χ0v) is 19.4. The van der Waals surface area contributed by atoms with Crippen molar-refractivity contribution in [3.63, 3.8) is 0 Å². The zero-order valence-electron chi connectivity index (χ0n) is 18.5. The summed E-state index contributed by atoms with van der Waals surface area (Å²) in [6.07, 6.45) is 6.70. The second-order valence-electron chi connectivity index (χ2n) is 10.5. The summed E-state index contributed by atoms with van der Waals surface area (Å²) in [6, 6.07) is 19.2. The lowest BCUT2D eigenvalue weighted by atomic mass is 9.43. The molecule has 0 N–H and O–H groups in total. The van der Waals surface area contributed by atoms with Crippen molar-refractivity contribution >= 4 is 17.3 Å². The van der Waals surface area contributed by atoms with Gasteiger partial charge in [-0.15, -0.1) is 11.3 Å². The predicted molar refractivity (Wildman–Crippen MR) is 127 cm³/mol. The summed E-state index contributed by atoms with van der Waals surface area (Å²) in [6.45, 7) is 2.42. The topological polar surface area (TPSA) is 39.2 Å². The van der Waals surface area contributed by atoms with Crippen LogP contribution >= 0.6 is 11.3 Å². The summed E-state index contributed by atoms with van der Waals surface area (Å²) < 4.78 is 5.97. The third-order valence-electron chi connectivity index (χ3n) is 8.08. The molecule has 1 heterocycles. The molecule has 1 aromatic heterocycles. The Hall–Kier alpha value is -2.46. The van der Waals surface area contributed by atoms with Gasteiger partial charge >= 0.3 is 5.97 Å². The highest BCUT2D eigenvalue weighted by Gasteiger charge is 2.61. The van der Waals surface area contributed by atoms with Crippen LogP contribution in [0.1, 0.15) is 55.3 Å². The van der Waals surface area contributed by atoms with Crippen LogP contribution in [0, 0.1) is 24.2 Å². The van der Waals surface area contributed by atoms with Gasteiger partial charge in [0.25, 0.3) is 0 Å². The van der Waals surface area contributed by atoms with Crippen molar-refractivity contribution in [2.24, 2.45) is 17.3 Å². The second-order valence-corrected chi connectivity index (χ2v) is 11.3. The number of carbonyl (C=O) groups excluding carboxylic acids is 1. The predicted octanol–water partition coefficient (Wildman–Crippen LogP) is 6.70. The molecule has 0 radical (unpaired) electrons. The number of rotatable bonds is 5. The fraction of sp³-hybridized carbons (Fsp3) is 0.429. The Balaban J connectivity index is 1.20. The number of hydrogen-bond donors (Lipinski definition) is 0. The number of benzene rings is 2. The number of nitrogens with zero attached hydrogens (tertiary/aromatic N) is 1. The first-order valence-electron chi connectivity index (χ1n) is 11.8. The molecule has 164 valence electrons. The summed E-state index contributed by atoms with van der Waals surface area (Å²) >= 11 is 1.61. The smallest absolute Gasteiger partial charge is 0.312 e. The maximum absolute atomic E-state index is 13.5. The van der Waals surface area contributed by atoms with Gasteiger partial charge in [0.2, 0.25) is 0 Å². The minimum Gasteiger partial charge on any atom is -0.459 e. The SMILES string of the molecule is Cc1ccc(C23C[C@H]4C[C@@H](CC(C(=O)OCc5csc(-c6ccccc6)n5)(C4)C2)C3)cc1. The highest BCUT2D eigenvalue weighted by Crippen LogP contribution is 2.66. The Kier molecular flexibility index (Phi) is 4.76. The fourth-order valence-corrected chi connectivity index (χ4v) is 7.94. The molecule has 0 amide bonds. The zero-order chi connectivity index (χ0) is 21.8. The van der Waals surface area contributed by atoms with E-state index in [0.29, 0.717) is 11.8 Å². The Morgan fingerprint density at radius 3 is 2.47 bits per heavy atom. The molecule has 32 heavy (non-hydrogen) atoms. The molecule has 2 aromatic carbocycles. The average Bonchev–Trinajstić information content (AvgIpc) is 3.27. The van der Waals surface area contributed by atoms with Crippen LogP contribution in [0.15, 0.2) is 60.0 Å². The molecule has 0 aliphatic heterocycles. The summed E-state index contributed by atoms with van der Waals surface area (Å²) in [5.74, 6) is 1.31. The number of aromatic nitrogens is 1. The van der Waals surface area contributed by atoms with E-state index in [9.17, 15) is 4.79 Å². The van der Waals surface area contributed by atoms with E-state index in [4.69, 9.17) is 9.72 Å². The molecule has 3 aromatic rings. The lowest BCUT2D eigenvalue weighted by Crippen LogP contribution is -2.57. The first-order valence-corrected chi connectivity index (χ1v) is 12.7. The highest BCUT2D eigenvalue weighted by molar-refractivity contribution is 7.13. The van der Waals surface area contributed by atoms with Crippen molar-refractivity contribution < 1.29 is 9.53 Å². The molecule has 0 saturated heterocycles. The number of aryl methyl sites for hydroxylation is 1. The van der Waals surface area contributed by atoms with E-state index in [0.717, 1.165) is 35.5 Å². The van der Waals surface area contributed by atoms with E-state index < -0.39 is 0 Å². The lowest BCUT2D eigenvalue weighted by molar-refractivity contribution is -0.175. The normalized spacial score (nSPS) is 30.4. The second kappa shape index (κ2) is 7.55. The Morgan fingerprint density at radius 1 is 1.03 bits per heavy atom. The molecule has 4 fully saturated rings. The Bertz CT molecular complexity index is 1120. The number of hydrogen-bond acceptors (Lipinski definition) is 4. The van der Waals surface area contributed by atoms with E-state index >= 15 is 0 Å². The van der Waals surface area contributed by atoms with Crippen LogP contribution in [-0.2, 0) is 21.6 Å². The first kappa shape index (κ1) is 20.2. The molecular formula is C28H29NO2S. The van der Waals surface area contributed by atoms with Gasteiger partial charge in [-0.05, 0) is 68.3 Å². The molecule has 3 nitrogen and oxygen atoms in total. The van der Waals surface area contributed by atoms with Crippen molar-refractivity contribution in [2.75, 3.05) is 0 Å². The Morgan fingerprint density at radius 2 is 1.75 bits per heavy atom. The van der Waals surface area contributed by atoms with Crippen molar-refractivity contribution in [3.05, 3.63) is 76.8 Å². The van der Waals surface area contributed by atoms with E-state index in [1.165, 1.54) is 30.4 Å². The molecule has 4 bridgehead atoms. The van der Waals surface area contributed by atoms with Crippen LogP contribution < -0.4 is 0 Å². The van der Waals surface area contributed by atoms with Gasteiger partial charge in [0.05, 0.1) is 11.1 Å². The van der Waals surface area contributed by atoms with E-state index in [1.54, 1.807) is 11.3 Å². The molecule has 0 unspecified atom stereocenters. The van der Waals surface area contributed by atoms with Gasteiger partial charge in [-0.2, -0.15) is 0 Å². The van der Waals surface area contributed by atoms with Crippen LogP contribution in [0.4, 0.5) is 0 Å². The largest absolute Gasteiger partial charge is 0.459 e. The molecule has 2 atom stereocenters. The van der Waals surface area contributed by atoms with Gasteiger partial charge < -0.3 is 4.74 Å². The first-order chi connectivity index (χ1) is 15.5. The fourth-order valence-electron chi connectivity index (χ4n) is 7.13. The summed E-state index contributed by atoms with van der Waals surface area (Å²) in [5.41, 5.74) is 4.52. The average molecular weight is 444 g/mol. The van der Waals surface area contributed by atoms with Crippen LogP contribution in [0.3, 0.4) is 0 Å². The van der Waals surface area contributed by atoms with Crippen LogP contribution in [-0.4, -0.2) is 11.0 Å². The van der Waals surface area contributed by atoms with Crippen molar-refractivity contribution in [1.29, 1.82) is 0 Å². The quantitative estimate of drug-likeness (QED) is 0.412. The minimum atomic E-state index is -0.312. The van der Waals surface area contributed by atoms with Gasteiger partial charge in [0.1, 0.15) is 11.6 Å². The number of ether oxygens (including phenoxy) is 1. The molecule has 7 rings (SSSR count). The molecule has 4 heteroatoms. The Labute approximate surface area is 193 Å². The number of thiazole rings is 1. The van der Waals surface area contributed by atoms with Crippen LogP contribution in [0.5, 0.6) is 0 Å². The van der Waals surface area contributed by atoms with Crippen LogP contribution in [0.25, 0.3) is 10.6 Å². The van der Waals surface area contributed by atoms with E-state index in [2.05, 4.69) is 43.3 Å². The van der Waals surface area contributed by atoms with Gasteiger partial charge in [-0.1, -0.05) is 60.2 Å². The number of carbonyl (C=O) groups is 1. The summed E-state index contributed by atoms with van der Waals surface area (Å²) in [4.78, 5) is 18.2. The highest BCUT2D eigenvalue weighted by atomic mass is 32.1. The van der Waals surface area contributed by atoms with Gasteiger partial charge in [0, 0.05) is 10.9 Å². The standard InChI is InChI=1S/C28H29NO2S/c1-19-7-9-23(10-8-19)27-12-20-11-21(13-27)15-28(14-20,18-27)26(30)31-16-24-17-32-25(29-24)22-5-3-2-4-6-22/h2-10,17,20-21H,11-16,18H2,1H3/t20-,21-,27?,28?/m1/s1. The van der Waals surface area contributed by atoms with Crippen LogP contribution in [0.2, 0.25) is 0 Å². The van der Waals surface area contributed by atoms with Crippen molar-refractivity contribution in [3.8, 4) is 10.6 Å². The maximum atomic E-state index is 13.5. The van der Waals surface area contributed by atoms with E-state index in [-0.39, 0.29) is 23.4 Å². The molecule has 4 saturated carbocycles. The molecule has 4 aliphatic rings. The third-order valence-corrected chi connectivity index (χ3v) is 9.02. The molecule has 4 aliphatic carbocycles. The molecular weight excluding hydrogens is 414 g/mol.